The molecule has 0 atom stereocenters. The van der Waals surface area contributed by atoms with Crippen molar-refractivity contribution in [2.75, 3.05) is 0 Å². The molecule has 3 nitrogen and oxygen atoms in total. The summed E-state index contributed by atoms with van der Waals surface area (Å²) in [6, 6.07) is 9.57. The van der Waals surface area contributed by atoms with Gasteiger partial charge in [-0.25, -0.2) is 13.6 Å². The first-order valence-corrected chi connectivity index (χ1v) is 8.02. The van der Waals surface area contributed by atoms with E-state index in [0.29, 0.717) is 5.56 Å². The maximum Gasteiger partial charge on any atom is 0.417 e. The van der Waals surface area contributed by atoms with Crippen molar-refractivity contribution in [2.24, 2.45) is 5.14 Å². The molecule has 2 N–H and O–H groups in total. The van der Waals surface area contributed by atoms with Crippen LogP contribution in [0, 0.1) is 0 Å². The van der Waals surface area contributed by atoms with Gasteiger partial charge in [-0.2, -0.15) is 13.2 Å². The topological polar surface area (TPSA) is 60.2 Å². The summed E-state index contributed by atoms with van der Waals surface area (Å²) < 4.78 is 63.2. The summed E-state index contributed by atoms with van der Waals surface area (Å²) in [7, 11) is -4.11. The molecule has 0 amide bonds. The maximum atomic E-state index is 13.3. The number of sulfonamides is 1. The van der Waals surface area contributed by atoms with Crippen molar-refractivity contribution < 1.29 is 21.6 Å². The van der Waals surface area contributed by atoms with E-state index < -0.39 is 21.8 Å². The van der Waals surface area contributed by atoms with Crippen LogP contribution in [-0.2, 0) is 22.6 Å². The maximum absolute atomic E-state index is 13.3. The minimum absolute atomic E-state index is 0.0727. The molecule has 0 aliphatic rings. The number of primary sulfonamides is 1. The van der Waals surface area contributed by atoms with Crippen molar-refractivity contribution in [3.63, 3.8) is 0 Å². The zero-order valence-electron chi connectivity index (χ0n) is 11.7. The third-order valence-electron chi connectivity index (χ3n) is 3.30. The van der Waals surface area contributed by atoms with Gasteiger partial charge in [0.15, 0.2) is 0 Å². The molecule has 0 bridgehead atoms. The van der Waals surface area contributed by atoms with Gasteiger partial charge in [0, 0.05) is 0 Å². The average molecular weight is 329 g/mol. The Hall–Kier alpha value is -1.86. The lowest BCUT2D eigenvalue weighted by Crippen LogP contribution is -2.17. The Bertz CT molecular complexity index is 784. The highest BCUT2D eigenvalue weighted by Crippen LogP contribution is 2.41. The molecule has 0 saturated heterocycles. The molecule has 0 unspecified atom stereocenters. The van der Waals surface area contributed by atoms with Gasteiger partial charge < -0.3 is 0 Å². The third-order valence-corrected chi connectivity index (χ3v) is 4.29. The number of alkyl halides is 3. The van der Waals surface area contributed by atoms with Crippen LogP contribution in [0.2, 0.25) is 0 Å². The van der Waals surface area contributed by atoms with E-state index >= 15 is 0 Å². The Morgan fingerprint density at radius 1 is 1.05 bits per heavy atom. The normalized spacial score (nSPS) is 12.4. The fourth-order valence-corrected chi connectivity index (χ4v) is 3.26. The van der Waals surface area contributed by atoms with E-state index in [9.17, 15) is 21.6 Å². The van der Waals surface area contributed by atoms with Gasteiger partial charge in [-0.05, 0) is 35.2 Å². The second-order valence-corrected chi connectivity index (χ2v) is 6.26. The lowest BCUT2D eigenvalue weighted by Gasteiger charge is -2.19. The summed E-state index contributed by atoms with van der Waals surface area (Å²) >= 11 is 0. The molecular formula is C15H14F3NO2S. The van der Waals surface area contributed by atoms with Crippen LogP contribution in [0.25, 0.3) is 11.1 Å². The minimum Gasteiger partial charge on any atom is -0.225 e. The quantitative estimate of drug-likeness (QED) is 0.935. The van der Waals surface area contributed by atoms with Crippen LogP contribution in [0.5, 0.6) is 0 Å². The first kappa shape index (κ1) is 16.5. The second-order valence-electron chi connectivity index (χ2n) is 4.73. The standard InChI is InChI=1S/C15H14F3NO2S/c1-2-11-13(22(19,20)21)9-8-12(15(16,17)18)14(11)10-6-4-3-5-7-10/h3-9H,2H2,1H3,(H2,19,20,21). The van der Waals surface area contributed by atoms with Gasteiger partial charge in [0.2, 0.25) is 10.0 Å². The van der Waals surface area contributed by atoms with Gasteiger partial charge in [-0.15, -0.1) is 0 Å². The van der Waals surface area contributed by atoms with E-state index in [1.54, 1.807) is 25.1 Å². The summed E-state index contributed by atoms with van der Waals surface area (Å²) in [5, 5.41) is 5.13. The molecule has 22 heavy (non-hydrogen) atoms. The van der Waals surface area contributed by atoms with E-state index in [4.69, 9.17) is 5.14 Å². The predicted molar refractivity (Wildman–Crippen MR) is 77.6 cm³/mol. The molecule has 2 rings (SSSR count). The largest absolute Gasteiger partial charge is 0.417 e. The molecule has 7 heteroatoms. The molecule has 118 valence electrons. The van der Waals surface area contributed by atoms with Gasteiger partial charge in [-0.1, -0.05) is 37.3 Å². The van der Waals surface area contributed by atoms with Crippen molar-refractivity contribution in [1.29, 1.82) is 0 Å². The zero-order chi connectivity index (χ0) is 16.5. The molecule has 0 heterocycles. The highest BCUT2D eigenvalue weighted by Gasteiger charge is 2.36. The lowest BCUT2D eigenvalue weighted by molar-refractivity contribution is -0.137. The molecule has 0 saturated carbocycles. The van der Waals surface area contributed by atoms with Crippen LogP contribution >= 0.6 is 0 Å². The van der Waals surface area contributed by atoms with E-state index in [1.807, 2.05) is 0 Å². The molecule has 0 radical (unpaired) electrons. The summed E-state index contributed by atoms with van der Waals surface area (Å²) in [5.74, 6) is 0. The first-order chi connectivity index (χ1) is 10.2. The molecule has 0 aliphatic heterocycles. The van der Waals surface area contributed by atoms with Crippen LogP contribution in [-0.4, -0.2) is 8.42 Å². The third kappa shape index (κ3) is 3.15. The van der Waals surface area contributed by atoms with Crippen LogP contribution in [0.1, 0.15) is 18.1 Å². The number of benzene rings is 2. The minimum atomic E-state index is -4.59. The lowest BCUT2D eigenvalue weighted by atomic mass is 9.92. The SMILES string of the molecule is CCc1c(S(N)(=O)=O)ccc(C(F)(F)F)c1-c1ccccc1. The van der Waals surface area contributed by atoms with Crippen molar-refractivity contribution in [3.8, 4) is 11.1 Å². The van der Waals surface area contributed by atoms with Gasteiger partial charge in [-0.3, -0.25) is 0 Å². The number of halogens is 3. The molecular weight excluding hydrogens is 315 g/mol. The second kappa shape index (κ2) is 5.73. The monoisotopic (exact) mass is 329 g/mol. The van der Waals surface area contributed by atoms with Gasteiger partial charge >= 0.3 is 6.18 Å². The van der Waals surface area contributed by atoms with Crippen LogP contribution in [0.3, 0.4) is 0 Å². The van der Waals surface area contributed by atoms with Crippen molar-refractivity contribution in [3.05, 3.63) is 53.6 Å². The molecule has 2 aromatic rings. The van der Waals surface area contributed by atoms with Gasteiger partial charge in [0.05, 0.1) is 10.5 Å². The summed E-state index contributed by atoms with van der Waals surface area (Å²) in [4.78, 5) is -0.276. The number of rotatable bonds is 3. The van der Waals surface area contributed by atoms with Crippen molar-refractivity contribution >= 4 is 10.0 Å². The highest BCUT2D eigenvalue weighted by atomic mass is 32.2. The summed E-state index contributed by atoms with van der Waals surface area (Å²) in [5.41, 5.74) is -0.634. The van der Waals surface area contributed by atoms with Crippen molar-refractivity contribution in [2.45, 2.75) is 24.4 Å². The molecule has 0 aromatic heterocycles. The fraction of sp³-hybridized carbons (Fsp3) is 0.200. The predicted octanol–water partition coefficient (Wildman–Crippen LogP) is 3.58. The van der Waals surface area contributed by atoms with E-state index in [1.165, 1.54) is 12.1 Å². The number of nitrogens with two attached hydrogens (primary N) is 1. The van der Waals surface area contributed by atoms with Gasteiger partial charge in [0.25, 0.3) is 0 Å². The molecule has 0 aliphatic carbocycles. The first-order valence-electron chi connectivity index (χ1n) is 6.47. The summed E-state index contributed by atoms with van der Waals surface area (Å²) in [6.07, 6.45) is -4.48. The van der Waals surface area contributed by atoms with E-state index in [-0.39, 0.29) is 22.4 Å². The van der Waals surface area contributed by atoms with Crippen LogP contribution in [0.15, 0.2) is 47.4 Å². The van der Waals surface area contributed by atoms with E-state index in [2.05, 4.69) is 0 Å². The Morgan fingerprint density at radius 2 is 1.64 bits per heavy atom. The number of hydrogen-bond donors (Lipinski definition) is 1. The molecule has 2 aromatic carbocycles. The molecule has 0 spiro atoms. The highest BCUT2D eigenvalue weighted by molar-refractivity contribution is 7.89. The summed E-state index contributed by atoms with van der Waals surface area (Å²) in [6.45, 7) is 1.59. The Morgan fingerprint density at radius 3 is 2.09 bits per heavy atom. The van der Waals surface area contributed by atoms with Crippen LogP contribution < -0.4 is 5.14 Å². The Kier molecular flexibility index (Phi) is 4.30. The number of hydrogen-bond acceptors (Lipinski definition) is 2. The molecule has 0 fully saturated rings. The zero-order valence-corrected chi connectivity index (χ0v) is 12.5. The smallest absolute Gasteiger partial charge is 0.225 e. The Balaban J connectivity index is 2.92. The average Bonchev–Trinajstić information content (AvgIpc) is 2.44. The Labute approximate surface area is 126 Å². The van der Waals surface area contributed by atoms with Crippen molar-refractivity contribution in [1.82, 2.24) is 0 Å². The van der Waals surface area contributed by atoms with E-state index in [0.717, 1.165) is 12.1 Å². The van der Waals surface area contributed by atoms with Gasteiger partial charge in [0.1, 0.15) is 0 Å². The fourth-order valence-electron chi connectivity index (χ4n) is 2.42. The van der Waals surface area contributed by atoms with Crippen LogP contribution in [0.4, 0.5) is 13.2 Å².